The van der Waals surface area contributed by atoms with Crippen LogP contribution in [0.1, 0.15) is 44.2 Å². The van der Waals surface area contributed by atoms with Crippen LogP contribution in [-0.2, 0) is 12.8 Å². The number of aryl methyl sites for hydroxylation is 2. The van der Waals surface area contributed by atoms with Crippen LogP contribution in [-0.4, -0.2) is 0 Å². The zero-order chi connectivity index (χ0) is 13.5. The normalized spacial score (nSPS) is 10.6. The second kappa shape index (κ2) is 7.13. The van der Waals surface area contributed by atoms with Crippen LogP contribution in [0.4, 0.5) is 0 Å². The van der Waals surface area contributed by atoms with Gasteiger partial charge in [-0.25, -0.2) is 0 Å². The minimum Gasteiger partial charge on any atom is -0.0654 e. The van der Waals surface area contributed by atoms with Crippen molar-refractivity contribution < 1.29 is 0 Å². The molecular weight excluding hydrogens is 228 g/mol. The van der Waals surface area contributed by atoms with Gasteiger partial charge in [0.1, 0.15) is 0 Å². The zero-order valence-corrected chi connectivity index (χ0v) is 12.1. The molecule has 0 saturated heterocycles. The van der Waals surface area contributed by atoms with Crippen molar-refractivity contribution in [3.05, 3.63) is 59.7 Å². The first kappa shape index (κ1) is 13.9. The van der Waals surface area contributed by atoms with Gasteiger partial charge in [-0.05, 0) is 47.6 Å². The highest BCUT2D eigenvalue weighted by molar-refractivity contribution is 5.67. The minimum atomic E-state index is 1.14. The molecule has 19 heavy (non-hydrogen) atoms. The first-order valence-corrected chi connectivity index (χ1v) is 7.44. The molecule has 0 aliphatic carbocycles. The molecule has 0 N–H and O–H groups in total. The van der Waals surface area contributed by atoms with Crippen molar-refractivity contribution in [2.75, 3.05) is 0 Å². The summed E-state index contributed by atoms with van der Waals surface area (Å²) >= 11 is 0. The van der Waals surface area contributed by atoms with Crippen molar-refractivity contribution in [3.63, 3.8) is 0 Å². The Morgan fingerprint density at radius 1 is 0.947 bits per heavy atom. The highest BCUT2D eigenvalue weighted by Gasteiger charge is 2.04. The third-order valence-corrected chi connectivity index (χ3v) is 3.51. The molecule has 0 heterocycles. The number of rotatable bonds is 6. The smallest absolute Gasteiger partial charge is 0.00989 e. The third-order valence-electron chi connectivity index (χ3n) is 3.51. The molecule has 0 spiro atoms. The van der Waals surface area contributed by atoms with Gasteiger partial charge in [0, 0.05) is 0 Å². The number of benzene rings is 2. The van der Waals surface area contributed by atoms with E-state index in [1.807, 2.05) is 0 Å². The van der Waals surface area contributed by atoms with E-state index in [1.54, 1.807) is 0 Å². The maximum absolute atomic E-state index is 3.40. The second-order valence-corrected chi connectivity index (χ2v) is 5.12. The van der Waals surface area contributed by atoms with Gasteiger partial charge in [0.05, 0.1) is 0 Å². The number of unbranched alkanes of at least 4 members (excludes halogenated alkanes) is 1. The van der Waals surface area contributed by atoms with Crippen molar-refractivity contribution in [1.29, 1.82) is 0 Å². The summed E-state index contributed by atoms with van der Waals surface area (Å²) in [6, 6.07) is 18.7. The Hall–Kier alpha value is -1.56. The molecule has 0 amide bonds. The summed E-state index contributed by atoms with van der Waals surface area (Å²) < 4.78 is 0. The van der Waals surface area contributed by atoms with Gasteiger partial charge in [-0.1, -0.05) is 69.2 Å². The molecule has 0 heteroatoms. The Labute approximate surface area is 117 Å². The van der Waals surface area contributed by atoms with Gasteiger partial charge < -0.3 is 0 Å². The summed E-state index contributed by atoms with van der Waals surface area (Å²) in [5.74, 6) is 0. The Bertz CT molecular complexity index is 511. The summed E-state index contributed by atoms with van der Waals surface area (Å²) in [7, 11) is 0. The standard InChI is InChI=1S/C19H23/c1-3-5-10-16-11-8-13-18(15-16)19-14-7-6-12-17(19)9-4-2/h6-8,11-12,14-15H,3-5,9-10H2,1-2H3. The van der Waals surface area contributed by atoms with Crippen molar-refractivity contribution in [3.8, 4) is 11.1 Å². The van der Waals surface area contributed by atoms with E-state index in [1.165, 1.54) is 47.9 Å². The van der Waals surface area contributed by atoms with Crippen molar-refractivity contribution in [2.45, 2.75) is 46.0 Å². The second-order valence-electron chi connectivity index (χ2n) is 5.12. The summed E-state index contributed by atoms with van der Waals surface area (Å²) in [5, 5.41) is 0. The molecule has 0 aliphatic rings. The number of hydrogen-bond acceptors (Lipinski definition) is 0. The molecule has 2 aromatic carbocycles. The van der Waals surface area contributed by atoms with Gasteiger partial charge in [0.15, 0.2) is 0 Å². The topological polar surface area (TPSA) is 0 Å². The summed E-state index contributed by atoms with van der Waals surface area (Å²) in [4.78, 5) is 0. The maximum Gasteiger partial charge on any atom is -0.00989 e. The highest BCUT2D eigenvalue weighted by atomic mass is 14.1. The lowest BCUT2D eigenvalue weighted by Crippen LogP contribution is -1.91. The Morgan fingerprint density at radius 2 is 1.79 bits per heavy atom. The Balaban J connectivity index is 2.30. The lowest BCUT2D eigenvalue weighted by atomic mass is 9.95. The summed E-state index contributed by atoms with van der Waals surface area (Å²) in [6.07, 6.45) is 6.02. The predicted octanol–water partition coefficient (Wildman–Crippen LogP) is 5.45. The van der Waals surface area contributed by atoms with Crippen LogP contribution in [0.15, 0.2) is 42.5 Å². The molecule has 2 aromatic rings. The number of hydrogen-bond donors (Lipinski definition) is 0. The molecule has 2 rings (SSSR count). The van der Waals surface area contributed by atoms with Crippen LogP contribution in [0.2, 0.25) is 0 Å². The van der Waals surface area contributed by atoms with Crippen molar-refractivity contribution in [2.24, 2.45) is 0 Å². The minimum absolute atomic E-state index is 1.14. The molecule has 0 atom stereocenters. The summed E-state index contributed by atoms with van der Waals surface area (Å²) in [5.41, 5.74) is 5.47. The van der Waals surface area contributed by atoms with E-state index in [2.05, 4.69) is 62.4 Å². The Kier molecular flexibility index (Phi) is 5.20. The van der Waals surface area contributed by atoms with Gasteiger partial charge in [-0.2, -0.15) is 0 Å². The molecule has 0 fully saturated rings. The fraction of sp³-hybridized carbons (Fsp3) is 0.368. The first-order chi connectivity index (χ1) is 9.35. The van der Waals surface area contributed by atoms with Gasteiger partial charge in [0.2, 0.25) is 0 Å². The van der Waals surface area contributed by atoms with Crippen LogP contribution >= 0.6 is 0 Å². The van der Waals surface area contributed by atoms with Crippen molar-refractivity contribution in [1.82, 2.24) is 0 Å². The molecule has 99 valence electrons. The van der Waals surface area contributed by atoms with E-state index in [4.69, 9.17) is 0 Å². The van der Waals surface area contributed by atoms with E-state index < -0.39 is 0 Å². The SMILES string of the molecule is CCCCc1cc[c]c(-c2ccccc2CCC)c1. The van der Waals surface area contributed by atoms with Crippen LogP contribution in [0.25, 0.3) is 11.1 Å². The molecule has 0 aromatic heterocycles. The molecule has 0 aliphatic heterocycles. The fourth-order valence-electron chi connectivity index (χ4n) is 2.48. The monoisotopic (exact) mass is 251 g/mol. The third kappa shape index (κ3) is 3.70. The molecule has 0 nitrogen and oxygen atoms in total. The van der Waals surface area contributed by atoms with Crippen LogP contribution in [0.3, 0.4) is 0 Å². The van der Waals surface area contributed by atoms with E-state index >= 15 is 0 Å². The van der Waals surface area contributed by atoms with Crippen molar-refractivity contribution >= 4 is 0 Å². The fourth-order valence-corrected chi connectivity index (χ4v) is 2.48. The van der Waals surface area contributed by atoms with E-state index in [9.17, 15) is 0 Å². The summed E-state index contributed by atoms with van der Waals surface area (Å²) in [6.45, 7) is 4.48. The Morgan fingerprint density at radius 3 is 2.58 bits per heavy atom. The van der Waals surface area contributed by atoms with Gasteiger partial charge in [-0.3, -0.25) is 0 Å². The van der Waals surface area contributed by atoms with Crippen LogP contribution < -0.4 is 0 Å². The zero-order valence-electron chi connectivity index (χ0n) is 12.1. The van der Waals surface area contributed by atoms with Gasteiger partial charge >= 0.3 is 0 Å². The molecule has 0 unspecified atom stereocenters. The molecular formula is C19H23. The average molecular weight is 251 g/mol. The van der Waals surface area contributed by atoms with Gasteiger partial charge in [-0.15, -0.1) is 0 Å². The maximum atomic E-state index is 3.40. The van der Waals surface area contributed by atoms with E-state index in [0.29, 0.717) is 0 Å². The predicted molar refractivity (Wildman–Crippen MR) is 83.3 cm³/mol. The van der Waals surface area contributed by atoms with Crippen LogP contribution in [0, 0.1) is 6.07 Å². The largest absolute Gasteiger partial charge is 0.0654 e. The molecule has 1 radical (unpaired) electrons. The van der Waals surface area contributed by atoms with E-state index in [0.717, 1.165) is 6.42 Å². The molecule has 0 saturated carbocycles. The lowest BCUT2D eigenvalue weighted by Gasteiger charge is -2.10. The highest BCUT2D eigenvalue weighted by Crippen LogP contribution is 2.25. The average Bonchev–Trinajstić information content (AvgIpc) is 2.46. The van der Waals surface area contributed by atoms with Gasteiger partial charge in [0.25, 0.3) is 0 Å². The quantitative estimate of drug-likeness (QED) is 0.640. The van der Waals surface area contributed by atoms with E-state index in [-0.39, 0.29) is 0 Å². The lowest BCUT2D eigenvalue weighted by molar-refractivity contribution is 0.795. The van der Waals surface area contributed by atoms with Crippen LogP contribution in [0.5, 0.6) is 0 Å². The molecule has 0 bridgehead atoms. The first-order valence-electron chi connectivity index (χ1n) is 7.44.